The molecule has 0 saturated heterocycles. The van der Waals surface area contributed by atoms with Gasteiger partial charge in [-0.25, -0.2) is 4.79 Å². The number of carboxylic acids is 1. The molecule has 0 unspecified atom stereocenters. The Kier molecular flexibility index (Phi) is 4.81. The standard InChI is InChI=1S/C11H12Cl2N2O3/c1-14(2)11(18)15(6-10(16)17)7-3-4-8(12)9(13)5-7/h3-5H,6H2,1-2H3,(H,16,17). The maximum absolute atomic E-state index is 11.9. The summed E-state index contributed by atoms with van der Waals surface area (Å²) < 4.78 is 0. The predicted octanol–water partition coefficient (Wildman–Crippen LogP) is 2.57. The summed E-state index contributed by atoms with van der Waals surface area (Å²) in [6.45, 7) is -0.449. The average molecular weight is 291 g/mol. The van der Waals surface area contributed by atoms with Gasteiger partial charge in [-0.1, -0.05) is 23.2 Å². The van der Waals surface area contributed by atoms with Crippen LogP contribution >= 0.6 is 23.2 Å². The Bertz CT molecular complexity index is 477. The van der Waals surface area contributed by atoms with E-state index in [9.17, 15) is 9.59 Å². The van der Waals surface area contributed by atoms with Gasteiger partial charge >= 0.3 is 12.0 Å². The molecule has 7 heteroatoms. The van der Waals surface area contributed by atoms with E-state index < -0.39 is 18.5 Å². The number of rotatable bonds is 3. The van der Waals surface area contributed by atoms with Gasteiger partial charge in [0.15, 0.2) is 0 Å². The smallest absolute Gasteiger partial charge is 0.324 e. The molecule has 1 aromatic carbocycles. The first-order valence-corrected chi connectivity index (χ1v) is 5.74. The van der Waals surface area contributed by atoms with Crippen molar-refractivity contribution in [3.8, 4) is 0 Å². The highest BCUT2D eigenvalue weighted by molar-refractivity contribution is 6.42. The number of hydrogen-bond acceptors (Lipinski definition) is 2. The van der Waals surface area contributed by atoms with E-state index in [0.29, 0.717) is 10.7 Å². The minimum absolute atomic E-state index is 0.260. The molecule has 0 atom stereocenters. The molecule has 0 saturated carbocycles. The summed E-state index contributed by atoms with van der Waals surface area (Å²) in [5, 5.41) is 9.43. The number of carbonyl (C=O) groups excluding carboxylic acids is 1. The summed E-state index contributed by atoms with van der Waals surface area (Å²) in [5.74, 6) is -1.11. The third kappa shape index (κ3) is 3.51. The summed E-state index contributed by atoms with van der Waals surface area (Å²) in [6, 6.07) is 4.06. The maximum Gasteiger partial charge on any atom is 0.324 e. The SMILES string of the molecule is CN(C)C(=O)N(CC(=O)O)c1ccc(Cl)c(Cl)c1. The lowest BCUT2D eigenvalue weighted by Gasteiger charge is -2.24. The molecule has 0 aromatic heterocycles. The van der Waals surface area contributed by atoms with E-state index in [1.165, 1.54) is 31.1 Å². The van der Waals surface area contributed by atoms with Gasteiger partial charge in [0.1, 0.15) is 6.54 Å². The van der Waals surface area contributed by atoms with Gasteiger partial charge in [0.25, 0.3) is 0 Å². The zero-order valence-corrected chi connectivity index (χ0v) is 11.4. The number of carbonyl (C=O) groups is 2. The van der Waals surface area contributed by atoms with Crippen molar-refractivity contribution in [2.45, 2.75) is 0 Å². The number of carboxylic acid groups (broad SMARTS) is 1. The topological polar surface area (TPSA) is 60.9 Å². The Morgan fingerprint density at radius 2 is 1.83 bits per heavy atom. The highest BCUT2D eigenvalue weighted by Gasteiger charge is 2.20. The molecule has 0 aliphatic rings. The number of aliphatic carboxylic acids is 1. The summed E-state index contributed by atoms with van der Waals surface area (Å²) in [7, 11) is 3.07. The lowest BCUT2D eigenvalue weighted by atomic mass is 10.3. The van der Waals surface area contributed by atoms with Crippen molar-refractivity contribution >= 4 is 40.9 Å². The van der Waals surface area contributed by atoms with Gasteiger partial charge in [-0.2, -0.15) is 0 Å². The van der Waals surface area contributed by atoms with E-state index in [2.05, 4.69) is 0 Å². The van der Waals surface area contributed by atoms with Gasteiger partial charge in [-0.3, -0.25) is 9.69 Å². The number of urea groups is 1. The second kappa shape index (κ2) is 5.93. The Hall–Kier alpha value is -1.46. The summed E-state index contributed by atoms with van der Waals surface area (Å²) in [4.78, 5) is 25.1. The molecule has 2 amide bonds. The van der Waals surface area contributed by atoms with Crippen molar-refractivity contribution in [3.63, 3.8) is 0 Å². The summed E-state index contributed by atoms with van der Waals surface area (Å²) in [5.41, 5.74) is 0.380. The second-order valence-electron chi connectivity index (χ2n) is 3.76. The molecular formula is C11H12Cl2N2O3. The first-order chi connectivity index (χ1) is 8.32. The molecule has 1 aromatic rings. The lowest BCUT2D eigenvalue weighted by molar-refractivity contribution is -0.135. The molecule has 0 spiro atoms. The monoisotopic (exact) mass is 290 g/mol. The molecule has 0 fully saturated rings. The second-order valence-corrected chi connectivity index (χ2v) is 4.57. The lowest BCUT2D eigenvalue weighted by Crippen LogP contribution is -2.42. The van der Waals surface area contributed by atoms with Crippen LogP contribution in [0.4, 0.5) is 10.5 Å². The van der Waals surface area contributed by atoms with Crippen molar-refractivity contribution < 1.29 is 14.7 Å². The number of amides is 2. The van der Waals surface area contributed by atoms with Crippen LogP contribution in [0.25, 0.3) is 0 Å². The molecule has 0 radical (unpaired) electrons. The number of halogens is 2. The first-order valence-electron chi connectivity index (χ1n) is 4.98. The van der Waals surface area contributed by atoms with Crippen LogP contribution in [0, 0.1) is 0 Å². The maximum atomic E-state index is 11.9. The van der Waals surface area contributed by atoms with E-state index in [4.69, 9.17) is 28.3 Å². The quantitative estimate of drug-likeness (QED) is 0.931. The number of anilines is 1. The zero-order chi connectivity index (χ0) is 13.9. The highest BCUT2D eigenvalue weighted by atomic mass is 35.5. The molecule has 98 valence electrons. The van der Waals surface area contributed by atoms with Gasteiger partial charge < -0.3 is 10.0 Å². The van der Waals surface area contributed by atoms with Crippen molar-refractivity contribution in [1.29, 1.82) is 0 Å². The third-order valence-electron chi connectivity index (χ3n) is 2.12. The highest BCUT2D eigenvalue weighted by Crippen LogP contribution is 2.27. The van der Waals surface area contributed by atoms with Crippen LogP contribution in [0.5, 0.6) is 0 Å². The fourth-order valence-electron chi connectivity index (χ4n) is 1.30. The Morgan fingerprint density at radius 3 is 2.28 bits per heavy atom. The molecule has 0 aliphatic heterocycles. The molecular weight excluding hydrogens is 279 g/mol. The number of hydrogen-bond donors (Lipinski definition) is 1. The van der Waals surface area contributed by atoms with Crippen molar-refractivity contribution in [2.75, 3.05) is 25.5 Å². The fraction of sp³-hybridized carbons (Fsp3) is 0.273. The molecule has 18 heavy (non-hydrogen) atoms. The van der Waals surface area contributed by atoms with Crippen LogP contribution < -0.4 is 4.90 Å². The van der Waals surface area contributed by atoms with E-state index in [0.717, 1.165) is 4.90 Å². The zero-order valence-electron chi connectivity index (χ0n) is 9.85. The minimum atomic E-state index is -1.11. The van der Waals surface area contributed by atoms with Gasteiger partial charge in [0, 0.05) is 19.8 Å². The van der Waals surface area contributed by atoms with Crippen LogP contribution in [-0.4, -0.2) is 42.6 Å². The number of nitrogens with zero attached hydrogens (tertiary/aromatic N) is 2. The molecule has 1 N–H and O–H groups in total. The minimum Gasteiger partial charge on any atom is -0.480 e. The third-order valence-corrected chi connectivity index (χ3v) is 2.86. The van der Waals surface area contributed by atoms with E-state index in [1.54, 1.807) is 6.07 Å². The van der Waals surface area contributed by atoms with Crippen LogP contribution in [0.1, 0.15) is 0 Å². The number of benzene rings is 1. The van der Waals surface area contributed by atoms with Gasteiger partial charge in [-0.15, -0.1) is 0 Å². The van der Waals surface area contributed by atoms with Crippen molar-refractivity contribution in [1.82, 2.24) is 4.90 Å². The van der Waals surface area contributed by atoms with Crippen molar-refractivity contribution in [2.24, 2.45) is 0 Å². The molecule has 1 rings (SSSR count). The normalized spacial score (nSPS) is 10.0. The van der Waals surface area contributed by atoms with E-state index >= 15 is 0 Å². The average Bonchev–Trinajstić information content (AvgIpc) is 2.28. The van der Waals surface area contributed by atoms with Crippen LogP contribution in [0.15, 0.2) is 18.2 Å². The Morgan fingerprint density at radius 1 is 1.22 bits per heavy atom. The van der Waals surface area contributed by atoms with Crippen LogP contribution in [0.2, 0.25) is 10.0 Å². The van der Waals surface area contributed by atoms with Gasteiger partial charge in [-0.05, 0) is 18.2 Å². The Labute approximate surface area is 114 Å². The predicted molar refractivity (Wildman–Crippen MR) is 70.5 cm³/mol. The molecule has 0 bridgehead atoms. The Balaban J connectivity index is 3.12. The molecule has 0 heterocycles. The first kappa shape index (κ1) is 14.6. The van der Waals surface area contributed by atoms with Gasteiger partial charge in [0.2, 0.25) is 0 Å². The van der Waals surface area contributed by atoms with E-state index in [1.807, 2.05) is 0 Å². The summed E-state index contributed by atoms with van der Waals surface area (Å²) >= 11 is 11.6. The van der Waals surface area contributed by atoms with Crippen LogP contribution in [-0.2, 0) is 4.79 Å². The molecule has 5 nitrogen and oxygen atoms in total. The van der Waals surface area contributed by atoms with Crippen LogP contribution in [0.3, 0.4) is 0 Å². The fourth-order valence-corrected chi connectivity index (χ4v) is 1.59. The van der Waals surface area contributed by atoms with E-state index in [-0.39, 0.29) is 5.02 Å². The molecule has 0 aliphatic carbocycles. The summed E-state index contributed by atoms with van der Waals surface area (Å²) in [6.07, 6.45) is 0. The van der Waals surface area contributed by atoms with Gasteiger partial charge in [0.05, 0.1) is 10.0 Å². The largest absolute Gasteiger partial charge is 0.480 e. The van der Waals surface area contributed by atoms with Crippen molar-refractivity contribution in [3.05, 3.63) is 28.2 Å².